The lowest BCUT2D eigenvalue weighted by Gasteiger charge is -2.11. The van der Waals surface area contributed by atoms with Gasteiger partial charge in [-0.2, -0.15) is 8.78 Å². The van der Waals surface area contributed by atoms with E-state index in [0.717, 1.165) is 5.56 Å². The Morgan fingerprint density at radius 1 is 1.25 bits per heavy atom. The summed E-state index contributed by atoms with van der Waals surface area (Å²) in [6.07, 6.45) is 0. The van der Waals surface area contributed by atoms with Crippen LogP contribution in [0.15, 0.2) is 41.6 Å². The van der Waals surface area contributed by atoms with E-state index in [-0.39, 0.29) is 17.3 Å². The fraction of sp³-hybridized carbons (Fsp3) is 0.222. The highest BCUT2D eigenvalue weighted by Gasteiger charge is 2.13. The summed E-state index contributed by atoms with van der Waals surface area (Å²) in [5.74, 6) is -0.671. The third-order valence-corrected chi connectivity index (χ3v) is 3.75. The summed E-state index contributed by atoms with van der Waals surface area (Å²) in [5, 5.41) is 6.61. The number of nitrogens with two attached hydrogens (primary N) is 1. The molecule has 0 atom stereocenters. The Bertz CT molecular complexity index is 878. The number of nitrogens with one attached hydrogen (secondary N) is 1. The topological polar surface area (TPSA) is 95.2 Å². The summed E-state index contributed by atoms with van der Waals surface area (Å²) in [5.41, 5.74) is 7.51. The molecule has 10 heteroatoms. The fourth-order valence-corrected chi connectivity index (χ4v) is 2.42. The third-order valence-electron chi connectivity index (χ3n) is 3.43. The van der Waals surface area contributed by atoms with Crippen LogP contribution in [0.4, 0.5) is 14.5 Å². The molecule has 0 spiro atoms. The SMILES string of the molecule is COc1cc(/C(N)=N/OCC(=O)Nc2ccc(C)cc2Cl)ccc1OC(F)F. The highest BCUT2D eigenvalue weighted by molar-refractivity contribution is 6.33. The Morgan fingerprint density at radius 3 is 2.64 bits per heavy atom. The number of hydrogen-bond donors (Lipinski definition) is 2. The lowest BCUT2D eigenvalue weighted by molar-refractivity contribution is -0.120. The van der Waals surface area contributed by atoms with E-state index in [1.807, 2.05) is 6.92 Å². The van der Waals surface area contributed by atoms with Crippen molar-refractivity contribution in [3.05, 3.63) is 52.5 Å². The van der Waals surface area contributed by atoms with Crippen LogP contribution in [-0.2, 0) is 9.63 Å². The lowest BCUT2D eigenvalue weighted by Crippen LogP contribution is -2.19. The zero-order chi connectivity index (χ0) is 20.7. The van der Waals surface area contributed by atoms with Gasteiger partial charge in [-0.25, -0.2) is 0 Å². The molecule has 0 unspecified atom stereocenters. The van der Waals surface area contributed by atoms with Crippen LogP contribution in [0.3, 0.4) is 0 Å². The summed E-state index contributed by atoms with van der Waals surface area (Å²) >= 11 is 6.04. The first-order valence-electron chi connectivity index (χ1n) is 7.94. The molecule has 0 aliphatic carbocycles. The minimum atomic E-state index is -2.99. The molecule has 0 radical (unpaired) electrons. The molecule has 0 bridgehead atoms. The number of benzene rings is 2. The van der Waals surface area contributed by atoms with Gasteiger partial charge < -0.3 is 25.4 Å². The molecule has 7 nitrogen and oxygen atoms in total. The lowest BCUT2D eigenvalue weighted by atomic mass is 10.2. The summed E-state index contributed by atoms with van der Waals surface area (Å²) in [6, 6.07) is 9.19. The maximum absolute atomic E-state index is 12.3. The number of halogens is 3. The van der Waals surface area contributed by atoms with E-state index in [1.165, 1.54) is 25.3 Å². The van der Waals surface area contributed by atoms with Crippen LogP contribution >= 0.6 is 11.6 Å². The number of hydrogen-bond acceptors (Lipinski definition) is 5. The largest absolute Gasteiger partial charge is 0.493 e. The summed E-state index contributed by atoms with van der Waals surface area (Å²) in [6.45, 7) is -1.52. The standard InChI is InChI=1S/C18H18ClF2N3O4/c1-10-3-5-13(12(19)7-10)23-16(25)9-27-24-17(22)11-4-6-14(28-18(20)21)15(8-11)26-2/h3-8,18H,9H2,1-2H3,(H2,22,24)(H,23,25). The number of carbonyl (C=O) groups excluding carboxylic acids is 1. The van der Waals surface area contributed by atoms with Crippen molar-refractivity contribution in [1.29, 1.82) is 0 Å². The molecule has 0 heterocycles. The van der Waals surface area contributed by atoms with E-state index in [1.54, 1.807) is 18.2 Å². The third kappa shape index (κ3) is 5.98. The smallest absolute Gasteiger partial charge is 0.387 e. The van der Waals surface area contributed by atoms with Crippen LogP contribution in [0.25, 0.3) is 0 Å². The average molecular weight is 414 g/mol. The molecule has 2 aromatic rings. The van der Waals surface area contributed by atoms with Crippen molar-refractivity contribution in [2.45, 2.75) is 13.5 Å². The monoisotopic (exact) mass is 413 g/mol. The van der Waals surface area contributed by atoms with Crippen molar-refractivity contribution in [3.63, 3.8) is 0 Å². The number of carbonyl (C=O) groups is 1. The Kier molecular flexibility index (Phi) is 7.39. The Morgan fingerprint density at radius 2 is 2.00 bits per heavy atom. The molecule has 0 aliphatic heterocycles. The van der Waals surface area contributed by atoms with E-state index >= 15 is 0 Å². The number of alkyl halides is 2. The highest BCUT2D eigenvalue weighted by Crippen LogP contribution is 2.29. The van der Waals surface area contributed by atoms with Gasteiger partial charge in [0, 0.05) is 5.56 Å². The maximum Gasteiger partial charge on any atom is 0.387 e. The van der Waals surface area contributed by atoms with E-state index in [2.05, 4.69) is 15.2 Å². The van der Waals surface area contributed by atoms with Crippen LogP contribution in [-0.4, -0.2) is 32.1 Å². The van der Waals surface area contributed by atoms with Crippen molar-refractivity contribution in [2.24, 2.45) is 10.9 Å². The first-order valence-corrected chi connectivity index (χ1v) is 8.32. The molecule has 2 rings (SSSR count). The van der Waals surface area contributed by atoms with Crippen LogP contribution in [0.1, 0.15) is 11.1 Å². The second-order valence-corrected chi connectivity index (χ2v) is 5.93. The molecule has 0 saturated heterocycles. The number of methoxy groups -OCH3 is 1. The van der Waals surface area contributed by atoms with Gasteiger partial charge in [-0.15, -0.1) is 0 Å². The number of oxime groups is 1. The summed E-state index contributed by atoms with van der Waals surface area (Å²) < 4.78 is 34.0. The van der Waals surface area contributed by atoms with Crippen molar-refractivity contribution < 1.29 is 27.9 Å². The molecule has 1 amide bonds. The Labute approximate surface area is 165 Å². The van der Waals surface area contributed by atoms with Gasteiger partial charge in [0.25, 0.3) is 5.91 Å². The van der Waals surface area contributed by atoms with Crippen molar-refractivity contribution in [1.82, 2.24) is 0 Å². The van der Waals surface area contributed by atoms with Gasteiger partial charge in [0.05, 0.1) is 17.8 Å². The molecule has 150 valence electrons. The molecular formula is C18H18ClF2N3O4. The van der Waals surface area contributed by atoms with Crippen molar-refractivity contribution >= 4 is 29.0 Å². The molecular weight excluding hydrogens is 396 g/mol. The van der Waals surface area contributed by atoms with Gasteiger partial charge in [0.1, 0.15) is 0 Å². The summed E-state index contributed by atoms with van der Waals surface area (Å²) in [7, 11) is 1.29. The number of anilines is 1. The number of rotatable bonds is 8. The van der Waals surface area contributed by atoms with Gasteiger partial charge in [0.15, 0.2) is 23.9 Å². The van der Waals surface area contributed by atoms with Gasteiger partial charge in [-0.3, -0.25) is 4.79 Å². The molecule has 0 saturated carbocycles. The zero-order valence-corrected chi connectivity index (χ0v) is 15.8. The molecule has 3 N–H and O–H groups in total. The van der Waals surface area contributed by atoms with Gasteiger partial charge in [-0.05, 0) is 42.8 Å². The number of nitrogens with zero attached hydrogens (tertiary/aromatic N) is 1. The van der Waals surface area contributed by atoms with Gasteiger partial charge in [-0.1, -0.05) is 22.8 Å². The normalized spacial score (nSPS) is 11.3. The Hall–Kier alpha value is -3.07. The van der Waals surface area contributed by atoms with E-state index in [4.69, 9.17) is 26.9 Å². The molecule has 28 heavy (non-hydrogen) atoms. The molecule has 0 fully saturated rings. The van der Waals surface area contributed by atoms with Gasteiger partial charge >= 0.3 is 6.61 Å². The number of amides is 1. The Balaban J connectivity index is 1.97. The first-order chi connectivity index (χ1) is 13.3. The van der Waals surface area contributed by atoms with E-state index in [9.17, 15) is 13.6 Å². The molecule has 0 aromatic heterocycles. The first kappa shape index (κ1) is 21.2. The van der Waals surface area contributed by atoms with Crippen LogP contribution in [0, 0.1) is 6.92 Å². The quantitative estimate of drug-likeness (QED) is 0.392. The predicted octanol–water partition coefficient (Wildman–Crippen LogP) is 3.53. The predicted molar refractivity (Wildman–Crippen MR) is 101 cm³/mol. The molecule has 0 aliphatic rings. The van der Waals surface area contributed by atoms with E-state index in [0.29, 0.717) is 16.3 Å². The zero-order valence-electron chi connectivity index (χ0n) is 15.0. The fourth-order valence-electron chi connectivity index (χ4n) is 2.14. The minimum Gasteiger partial charge on any atom is -0.493 e. The average Bonchev–Trinajstić information content (AvgIpc) is 2.63. The summed E-state index contributed by atoms with van der Waals surface area (Å²) in [4.78, 5) is 16.8. The minimum absolute atomic E-state index is 0.0442. The number of aryl methyl sites for hydroxylation is 1. The van der Waals surface area contributed by atoms with Crippen molar-refractivity contribution in [2.75, 3.05) is 19.0 Å². The van der Waals surface area contributed by atoms with Crippen LogP contribution in [0.2, 0.25) is 5.02 Å². The number of ether oxygens (including phenoxy) is 2. The van der Waals surface area contributed by atoms with Gasteiger partial charge in [0.2, 0.25) is 0 Å². The maximum atomic E-state index is 12.3. The second-order valence-electron chi connectivity index (χ2n) is 5.53. The van der Waals surface area contributed by atoms with Crippen LogP contribution in [0.5, 0.6) is 11.5 Å². The van der Waals surface area contributed by atoms with Crippen molar-refractivity contribution in [3.8, 4) is 11.5 Å². The molecule has 2 aromatic carbocycles. The second kappa shape index (κ2) is 9.75. The highest BCUT2D eigenvalue weighted by atomic mass is 35.5. The van der Waals surface area contributed by atoms with E-state index < -0.39 is 19.1 Å². The number of amidine groups is 1. The van der Waals surface area contributed by atoms with Crippen LogP contribution < -0.4 is 20.5 Å².